The molecular weight excluding hydrogens is 424 g/mol. The lowest BCUT2D eigenvalue weighted by Crippen LogP contribution is -2.10. The summed E-state index contributed by atoms with van der Waals surface area (Å²) in [6.07, 6.45) is 1.87. The summed E-state index contributed by atoms with van der Waals surface area (Å²) >= 11 is 0. The number of benzene rings is 5. The van der Waals surface area contributed by atoms with E-state index in [9.17, 15) is 0 Å². The largest absolute Gasteiger partial charge is 0.311 e. The molecule has 6 aromatic rings. The highest BCUT2D eigenvalue weighted by molar-refractivity contribution is 6.09. The predicted molar refractivity (Wildman–Crippen MR) is 150 cm³/mol. The third-order valence-corrected chi connectivity index (χ3v) is 6.60. The highest BCUT2D eigenvalue weighted by atomic mass is 15.1. The minimum atomic E-state index is 1.11. The van der Waals surface area contributed by atoms with Crippen molar-refractivity contribution in [2.24, 2.45) is 0 Å². The summed E-state index contributed by atoms with van der Waals surface area (Å²) in [6.45, 7) is 6.04. The lowest BCUT2D eigenvalue weighted by atomic mass is 10.1. The Bertz CT molecular complexity index is 1640. The molecule has 0 saturated carbocycles. The van der Waals surface area contributed by atoms with Crippen molar-refractivity contribution in [1.82, 2.24) is 4.57 Å². The molecule has 2 nitrogen and oxygen atoms in total. The summed E-state index contributed by atoms with van der Waals surface area (Å²) in [4.78, 5) is 2.28. The average Bonchev–Trinajstić information content (AvgIpc) is 3.24. The quantitative estimate of drug-likeness (QED) is 0.254. The lowest BCUT2D eigenvalue weighted by molar-refractivity contribution is 1.17. The molecule has 1 heterocycles. The Morgan fingerprint density at radius 2 is 1.20 bits per heavy atom. The molecular formula is C33H26N2. The molecule has 35 heavy (non-hydrogen) atoms. The Kier molecular flexibility index (Phi) is 5.20. The van der Waals surface area contributed by atoms with Crippen LogP contribution in [0.15, 0.2) is 128 Å². The fourth-order valence-electron chi connectivity index (χ4n) is 4.90. The van der Waals surface area contributed by atoms with Crippen LogP contribution in [0.2, 0.25) is 0 Å². The summed E-state index contributed by atoms with van der Waals surface area (Å²) in [5, 5.41) is 2.57. The van der Waals surface area contributed by atoms with Crippen molar-refractivity contribution in [3.8, 4) is 5.69 Å². The highest BCUT2D eigenvalue weighted by Gasteiger charge is 2.15. The molecule has 5 aromatic carbocycles. The summed E-state index contributed by atoms with van der Waals surface area (Å²) in [7, 11) is 0. The van der Waals surface area contributed by atoms with Crippen LogP contribution in [-0.4, -0.2) is 4.57 Å². The van der Waals surface area contributed by atoms with E-state index in [1.54, 1.807) is 0 Å². The topological polar surface area (TPSA) is 8.17 Å². The normalized spacial score (nSPS) is 11.1. The molecule has 0 radical (unpaired) electrons. The van der Waals surface area contributed by atoms with Crippen molar-refractivity contribution >= 4 is 44.9 Å². The number of hydrogen-bond donors (Lipinski definition) is 0. The molecule has 0 saturated heterocycles. The molecule has 0 unspecified atom stereocenters. The van der Waals surface area contributed by atoms with Crippen molar-refractivity contribution in [2.45, 2.75) is 6.92 Å². The van der Waals surface area contributed by atoms with Crippen LogP contribution in [0.3, 0.4) is 0 Å². The van der Waals surface area contributed by atoms with E-state index in [1.807, 2.05) is 6.08 Å². The molecule has 0 aliphatic carbocycles. The van der Waals surface area contributed by atoms with E-state index in [2.05, 4.69) is 144 Å². The molecule has 0 fully saturated rings. The molecule has 0 spiro atoms. The van der Waals surface area contributed by atoms with Gasteiger partial charge >= 0.3 is 0 Å². The van der Waals surface area contributed by atoms with Crippen molar-refractivity contribution in [3.63, 3.8) is 0 Å². The van der Waals surface area contributed by atoms with Gasteiger partial charge in [0.05, 0.1) is 11.0 Å². The molecule has 2 heteroatoms. The van der Waals surface area contributed by atoms with Gasteiger partial charge in [-0.25, -0.2) is 0 Å². The zero-order valence-electron chi connectivity index (χ0n) is 19.7. The molecule has 6 rings (SSSR count). The van der Waals surface area contributed by atoms with E-state index in [4.69, 9.17) is 0 Å². The fraction of sp³-hybridized carbons (Fsp3) is 0.0303. The number of fused-ring (bicyclic) bond motifs is 3. The summed E-state index contributed by atoms with van der Waals surface area (Å²) in [6, 6.07) is 43.2. The molecule has 0 amide bonds. The van der Waals surface area contributed by atoms with E-state index in [1.165, 1.54) is 27.4 Å². The fourth-order valence-corrected chi connectivity index (χ4v) is 4.90. The second-order valence-electron chi connectivity index (χ2n) is 8.86. The van der Waals surface area contributed by atoms with Gasteiger partial charge in [-0.15, -0.1) is 0 Å². The van der Waals surface area contributed by atoms with Gasteiger partial charge in [0.15, 0.2) is 0 Å². The van der Waals surface area contributed by atoms with Crippen LogP contribution in [0.1, 0.15) is 11.1 Å². The summed E-state index contributed by atoms with van der Waals surface area (Å²) < 4.78 is 2.36. The van der Waals surface area contributed by atoms with Crippen LogP contribution in [0.5, 0.6) is 0 Å². The Morgan fingerprint density at radius 1 is 0.600 bits per heavy atom. The van der Waals surface area contributed by atoms with Crippen molar-refractivity contribution in [2.75, 3.05) is 4.90 Å². The minimum absolute atomic E-state index is 1.11. The Morgan fingerprint density at radius 3 is 1.91 bits per heavy atom. The van der Waals surface area contributed by atoms with Gasteiger partial charge in [0.1, 0.15) is 0 Å². The molecule has 1 aromatic heterocycles. The first-order chi connectivity index (χ1) is 17.2. The van der Waals surface area contributed by atoms with Gasteiger partial charge in [-0.3, -0.25) is 0 Å². The van der Waals surface area contributed by atoms with Gasteiger partial charge in [0.25, 0.3) is 0 Å². The molecule has 0 aliphatic heterocycles. The van der Waals surface area contributed by atoms with E-state index >= 15 is 0 Å². The molecule has 0 bridgehead atoms. The van der Waals surface area contributed by atoms with Crippen LogP contribution < -0.4 is 4.90 Å². The van der Waals surface area contributed by atoms with E-state index < -0.39 is 0 Å². The molecule has 0 N–H and O–H groups in total. The SMILES string of the molecule is C=Cc1ccc(N(c2ccccc2)c2ccc(-n3c4ccccc4c4cc(C)ccc43)cc2)cc1. The van der Waals surface area contributed by atoms with Crippen LogP contribution in [0.25, 0.3) is 33.6 Å². The average molecular weight is 451 g/mol. The van der Waals surface area contributed by atoms with Crippen LogP contribution >= 0.6 is 0 Å². The maximum absolute atomic E-state index is 3.89. The van der Waals surface area contributed by atoms with Gasteiger partial charge in [0, 0.05) is 33.5 Å². The summed E-state index contributed by atoms with van der Waals surface area (Å²) in [5.41, 5.74) is 9.34. The number of rotatable bonds is 5. The number of aromatic nitrogens is 1. The first kappa shape index (κ1) is 21.0. The number of aryl methyl sites for hydroxylation is 1. The number of anilines is 3. The first-order valence-corrected chi connectivity index (χ1v) is 11.9. The Balaban J connectivity index is 1.49. The zero-order valence-corrected chi connectivity index (χ0v) is 19.7. The highest BCUT2D eigenvalue weighted by Crippen LogP contribution is 2.37. The van der Waals surface area contributed by atoms with Crippen LogP contribution in [0.4, 0.5) is 17.1 Å². The number of hydrogen-bond acceptors (Lipinski definition) is 1. The predicted octanol–water partition coefficient (Wildman–Crippen LogP) is 9.20. The van der Waals surface area contributed by atoms with Crippen LogP contribution in [-0.2, 0) is 0 Å². The Labute approximate surface area is 206 Å². The van der Waals surface area contributed by atoms with Crippen molar-refractivity contribution in [3.05, 3.63) is 139 Å². The van der Waals surface area contributed by atoms with Gasteiger partial charge in [0.2, 0.25) is 0 Å². The van der Waals surface area contributed by atoms with Crippen molar-refractivity contribution < 1.29 is 0 Å². The molecule has 168 valence electrons. The van der Waals surface area contributed by atoms with Gasteiger partial charge in [-0.1, -0.05) is 72.8 Å². The third kappa shape index (κ3) is 3.70. The maximum atomic E-state index is 3.89. The number of para-hydroxylation sites is 2. The third-order valence-electron chi connectivity index (χ3n) is 6.60. The first-order valence-electron chi connectivity index (χ1n) is 11.9. The summed E-state index contributed by atoms with van der Waals surface area (Å²) in [5.74, 6) is 0. The number of nitrogens with zero attached hydrogens (tertiary/aromatic N) is 2. The molecule has 0 atom stereocenters. The lowest BCUT2D eigenvalue weighted by Gasteiger charge is -2.26. The molecule has 0 aliphatic rings. The second kappa shape index (κ2) is 8.66. The van der Waals surface area contributed by atoms with E-state index in [-0.39, 0.29) is 0 Å². The van der Waals surface area contributed by atoms with Gasteiger partial charge < -0.3 is 9.47 Å². The maximum Gasteiger partial charge on any atom is 0.0541 e. The van der Waals surface area contributed by atoms with Crippen LogP contribution in [0, 0.1) is 6.92 Å². The smallest absolute Gasteiger partial charge is 0.0541 e. The van der Waals surface area contributed by atoms with E-state index in [0.717, 1.165) is 28.3 Å². The van der Waals surface area contributed by atoms with E-state index in [0.29, 0.717) is 0 Å². The standard InChI is InChI=1S/C33H26N2/c1-3-25-14-16-27(17-15-25)34(26-9-5-4-6-10-26)28-18-20-29(21-19-28)35-32-12-8-7-11-30(32)31-23-24(2)13-22-33(31)35/h3-23H,1H2,2H3. The Hall–Kier alpha value is -4.56. The van der Waals surface area contributed by atoms with Crippen molar-refractivity contribution in [1.29, 1.82) is 0 Å². The van der Waals surface area contributed by atoms with Gasteiger partial charge in [-0.05, 0) is 79.2 Å². The minimum Gasteiger partial charge on any atom is -0.311 e. The van der Waals surface area contributed by atoms with Gasteiger partial charge in [-0.2, -0.15) is 0 Å². The second-order valence-corrected chi connectivity index (χ2v) is 8.86. The monoisotopic (exact) mass is 450 g/mol. The zero-order chi connectivity index (χ0) is 23.8.